The quantitative estimate of drug-likeness (QED) is 0.470. The number of nitrogens with one attached hydrogen (secondary N) is 1. The SMILES string of the molecule is CCc1cccc(CC)c1NC(=O)CN(Cc1ccc(C)cc1)S(=O)(=O)c1ccc(C)cc1. The molecule has 0 radical (unpaired) electrons. The Morgan fingerprint density at radius 3 is 1.85 bits per heavy atom. The molecule has 0 aliphatic carbocycles. The fourth-order valence-electron chi connectivity index (χ4n) is 3.72. The number of sulfonamides is 1. The molecule has 0 bridgehead atoms. The zero-order chi connectivity index (χ0) is 24.0. The van der Waals surface area contributed by atoms with Crippen LogP contribution in [0.15, 0.2) is 71.6 Å². The normalized spacial score (nSPS) is 11.5. The zero-order valence-corrected chi connectivity index (χ0v) is 20.6. The van der Waals surface area contributed by atoms with Crippen LogP contribution in [0.4, 0.5) is 5.69 Å². The van der Waals surface area contributed by atoms with Crippen LogP contribution >= 0.6 is 0 Å². The van der Waals surface area contributed by atoms with E-state index in [9.17, 15) is 13.2 Å². The molecule has 0 atom stereocenters. The van der Waals surface area contributed by atoms with Crippen molar-refractivity contribution in [3.05, 3.63) is 94.5 Å². The molecule has 5 nitrogen and oxygen atoms in total. The largest absolute Gasteiger partial charge is 0.324 e. The summed E-state index contributed by atoms with van der Waals surface area (Å²) < 4.78 is 28.2. The highest BCUT2D eigenvalue weighted by Gasteiger charge is 2.27. The molecule has 0 aliphatic heterocycles. The van der Waals surface area contributed by atoms with Crippen LogP contribution in [-0.2, 0) is 34.2 Å². The molecule has 3 aromatic rings. The van der Waals surface area contributed by atoms with Crippen molar-refractivity contribution in [3.63, 3.8) is 0 Å². The van der Waals surface area contributed by atoms with Crippen molar-refractivity contribution in [2.45, 2.75) is 52.0 Å². The van der Waals surface area contributed by atoms with Gasteiger partial charge in [-0.2, -0.15) is 4.31 Å². The van der Waals surface area contributed by atoms with E-state index in [2.05, 4.69) is 5.32 Å². The summed E-state index contributed by atoms with van der Waals surface area (Å²) in [5, 5.41) is 2.99. The first-order valence-electron chi connectivity index (χ1n) is 11.3. The van der Waals surface area contributed by atoms with E-state index in [0.717, 1.165) is 46.3 Å². The molecular formula is C27H32N2O3S. The lowest BCUT2D eigenvalue weighted by atomic mass is 10.0. The minimum absolute atomic E-state index is 0.111. The molecular weight excluding hydrogens is 432 g/mol. The lowest BCUT2D eigenvalue weighted by molar-refractivity contribution is -0.116. The summed E-state index contributed by atoms with van der Waals surface area (Å²) in [7, 11) is -3.87. The second-order valence-electron chi connectivity index (χ2n) is 8.28. The minimum Gasteiger partial charge on any atom is -0.324 e. The fourth-order valence-corrected chi connectivity index (χ4v) is 5.11. The Balaban J connectivity index is 1.92. The number of hydrogen-bond donors (Lipinski definition) is 1. The molecule has 174 valence electrons. The number of carbonyl (C=O) groups is 1. The van der Waals surface area contributed by atoms with Crippen LogP contribution in [0.2, 0.25) is 0 Å². The summed E-state index contributed by atoms with van der Waals surface area (Å²) in [6.45, 7) is 7.80. The third-order valence-electron chi connectivity index (χ3n) is 5.72. The molecule has 1 N–H and O–H groups in total. The number of para-hydroxylation sites is 1. The number of nitrogens with zero attached hydrogens (tertiary/aromatic N) is 1. The summed E-state index contributed by atoms with van der Waals surface area (Å²) in [5.41, 5.74) is 5.75. The van der Waals surface area contributed by atoms with Crippen LogP contribution in [0.1, 0.15) is 41.7 Å². The van der Waals surface area contributed by atoms with Crippen molar-refractivity contribution in [1.82, 2.24) is 4.31 Å². The van der Waals surface area contributed by atoms with Crippen molar-refractivity contribution in [3.8, 4) is 0 Å². The predicted octanol–water partition coefficient (Wildman–Crippen LogP) is 5.26. The van der Waals surface area contributed by atoms with Crippen molar-refractivity contribution < 1.29 is 13.2 Å². The average Bonchev–Trinajstić information content (AvgIpc) is 2.80. The maximum Gasteiger partial charge on any atom is 0.243 e. The summed E-state index contributed by atoms with van der Waals surface area (Å²) in [4.78, 5) is 13.3. The first-order chi connectivity index (χ1) is 15.7. The highest BCUT2D eigenvalue weighted by molar-refractivity contribution is 7.89. The number of anilines is 1. The van der Waals surface area contributed by atoms with Crippen molar-refractivity contribution in [2.24, 2.45) is 0 Å². The molecule has 0 spiro atoms. The van der Waals surface area contributed by atoms with Crippen LogP contribution in [-0.4, -0.2) is 25.2 Å². The van der Waals surface area contributed by atoms with Crippen molar-refractivity contribution in [2.75, 3.05) is 11.9 Å². The van der Waals surface area contributed by atoms with E-state index in [4.69, 9.17) is 0 Å². The van der Waals surface area contributed by atoms with Gasteiger partial charge in [0.05, 0.1) is 11.4 Å². The summed E-state index contributed by atoms with van der Waals surface area (Å²) >= 11 is 0. The van der Waals surface area contributed by atoms with Gasteiger partial charge in [0.1, 0.15) is 0 Å². The molecule has 3 aromatic carbocycles. The standard InChI is InChI=1S/C27H32N2O3S/c1-5-23-8-7-9-24(6-2)27(23)28-26(30)19-29(18-22-14-10-20(3)11-15-22)33(31,32)25-16-12-21(4)13-17-25/h7-17H,5-6,18-19H2,1-4H3,(H,28,30). The average molecular weight is 465 g/mol. The summed E-state index contributed by atoms with van der Waals surface area (Å²) in [6, 6.07) is 20.3. The highest BCUT2D eigenvalue weighted by atomic mass is 32.2. The zero-order valence-electron chi connectivity index (χ0n) is 19.8. The van der Waals surface area contributed by atoms with Crippen LogP contribution in [0.5, 0.6) is 0 Å². The van der Waals surface area contributed by atoms with Gasteiger partial charge in [-0.05, 0) is 55.5 Å². The second kappa shape index (κ2) is 10.8. The van der Waals surface area contributed by atoms with E-state index in [1.807, 2.05) is 70.2 Å². The number of benzene rings is 3. The van der Waals surface area contributed by atoms with Gasteiger partial charge in [-0.15, -0.1) is 0 Å². The van der Waals surface area contributed by atoms with Gasteiger partial charge in [0.15, 0.2) is 0 Å². The number of hydrogen-bond acceptors (Lipinski definition) is 3. The lowest BCUT2D eigenvalue weighted by Crippen LogP contribution is -2.37. The number of aryl methyl sites for hydroxylation is 4. The number of amides is 1. The molecule has 0 saturated carbocycles. The molecule has 0 unspecified atom stereocenters. The Morgan fingerprint density at radius 2 is 1.33 bits per heavy atom. The first-order valence-corrected chi connectivity index (χ1v) is 12.7. The van der Waals surface area contributed by atoms with Gasteiger partial charge in [0.2, 0.25) is 15.9 Å². The number of rotatable bonds is 9. The second-order valence-corrected chi connectivity index (χ2v) is 10.2. The van der Waals surface area contributed by atoms with Gasteiger partial charge in [-0.1, -0.05) is 79.6 Å². The summed E-state index contributed by atoms with van der Waals surface area (Å²) in [5.74, 6) is -0.353. The molecule has 0 fully saturated rings. The van der Waals surface area contributed by atoms with Gasteiger partial charge in [0, 0.05) is 12.2 Å². The van der Waals surface area contributed by atoms with Crippen LogP contribution in [0.25, 0.3) is 0 Å². The Hall–Kier alpha value is -2.96. The van der Waals surface area contributed by atoms with E-state index >= 15 is 0 Å². The van der Waals surface area contributed by atoms with Gasteiger partial charge in [-0.3, -0.25) is 4.79 Å². The van der Waals surface area contributed by atoms with Gasteiger partial charge < -0.3 is 5.32 Å². The van der Waals surface area contributed by atoms with Crippen LogP contribution in [0, 0.1) is 13.8 Å². The van der Waals surface area contributed by atoms with E-state index in [1.165, 1.54) is 4.31 Å². The van der Waals surface area contributed by atoms with Crippen LogP contribution < -0.4 is 5.32 Å². The smallest absolute Gasteiger partial charge is 0.243 e. The minimum atomic E-state index is -3.87. The maximum absolute atomic E-state index is 13.5. The van der Waals surface area contributed by atoms with Crippen molar-refractivity contribution >= 4 is 21.6 Å². The molecule has 1 amide bonds. The molecule has 0 heterocycles. The third-order valence-corrected chi connectivity index (χ3v) is 7.53. The van der Waals surface area contributed by atoms with E-state index in [-0.39, 0.29) is 23.9 Å². The lowest BCUT2D eigenvalue weighted by Gasteiger charge is -2.23. The molecule has 0 aliphatic rings. The molecule has 33 heavy (non-hydrogen) atoms. The molecule has 6 heteroatoms. The molecule has 0 aromatic heterocycles. The maximum atomic E-state index is 13.5. The van der Waals surface area contributed by atoms with Gasteiger partial charge >= 0.3 is 0 Å². The Kier molecular flexibility index (Phi) is 8.06. The topological polar surface area (TPSA) is 66.5 Å². The van der Waals surface area contributed by atoms with Gasteiger partial charge in [-0.25, -0.2) is 8.42 Å². The van der Waals surface area contributed by atoms with Gasteiger partial charge in [0.25, 0.3) is 0 Å². The number of carbonyl (C=O) groups excluding carboxylic acids is 1. The molecule has 3 rings (SSSR count). The van der Waals surface area contributed by atoms with Crippen LogP contribution in [0.3, 0.4) is 0 Å². The highest BCUT2D eigenvalue weighted by Crippen LogP contribution is 2.24. The Morgan fingerprint density at radius 1 is 0.818 bits per heavy atom. The fraction of sp³-hybridized carbons (Fsp3) is 0.296. The summed E-state index contributed by atoms with van der Waals surface area (Å²) in [6.07, 6.45) is 1.55. The molecule has 0 saturated heterocycles. The predicted molar refractivity (Wildman–Crippen MR) is 134 cm³/mol. The monoisotopic (exact) mass is 464 g/mol. The van der Waals surface area contributed by atoms with Crippen molar-refractivity contribution in [1.29, 1.82) is 0 Å². The Labute approximate surface area is 197 Å². The third kappa shape index (κ3) is 6.09. The first kappa shape index (κ1) is 24.7. The van der Waals surface area contributed by atoms with E-state index in [1.54, 1.807) is 24.3 Å². The van der Waals surface area contributed by atoms with E-state index < -0.39 is 10.0 Å². The Bertz CT molecular complexity index is 1180. The van der Waals surface area contributed by atoms with E-state index in [0.29, 0.717) is 0 Å².